The Hall–Kier alpha value is -0.120. The molecule has 0 radical (unpaired) electrons. The Labute approximate surface area is 81.0 Å². The number of nitrogens with zero attached hydrogens (tertiary/aromatic N) is 1. The zero-order valence-corrected chi connectivity index (χ0v) is 8.79. The maximum absolute atomic E-state index is 5.38. The predicted molar refractivity (Wildman–Crippen MR) is 53.0 cm³/mol. The van der Waals surface area contributed by atoms with Crippen LogP contribution in [0.15, 0.2) is 0 Å². The van der Waals surface area contributed by atoms with Gasteiger partial charge in [0, 0.05) is 26.9 Å². The molecule has 1 unspecified atom stereocenters. The van der Waals surface area contributed by atoms with Crippen molar-refractivity contribution in [3.05, 3.63) is 0 Å². The van der Waals surface area contributed by atoms with Gasteiger partial charge in [-0.15, -0.1) is 0 Å². The minimum Gasteiger partial charge on any atom is -0.382 e. The summed E-state index contributed by atoms with van der Waals surface area (Å²) < 4.78 is 10.7. The van der Waals surface area contributed by atoms with E-state index < -0.39 is 0 Å². The third-order valence-corrected chi connectivity index (χ3v) is 2.53. The van der Waals surface area contributed by atoms with Crippen LogP contribution in [0.4, 0.5) is 0 Å². The van der Waals surface area contributed by atoms with Gasteiger partial charge in [-0.05, 0) is 32.9 Å². The minimum absolute atomic E-state index is 0.354. The van der Waals surface area contributed by atoms with E-state index in [1.165, 1.54) is 19.5 Å². The van der Waals surface area contributed by atoms with Crippen LogP contribution in [0.2, 0.25) is 0 Å². The van der Waals surface area contributed by atoms with Gasteiger partial charge in [0.05, 0.1) is 6.10 Å². The first kappa shape index (κ1) is 11.0. The first-order valence-electron chi connectivity index (χ1n) is 5.19. The van der Waals surface area contributed by atoms with Crippen molar-refractivity contribution in [3.8, 4) is 0 Å². The van der Waals surface area contributed by atoms with Gasteiger partial charge in [0.1, 0.15) is 0 Å². The molecule has 1 heterocycles. The Morgan fingerprint density at radius 1 is 1.38 bits per heavy atom. The van der Waals surface area contributed by atoms with Crippen molar-refractivity contribution >= 4 is 0 Å². The summed E-state index contributed by atoms with van der Waals surface area (Å²) in [4.78, 5) is 2.43. The molecule has 13 heavy (non-hydrogen) atoms. The molecule has 1 aliphatic heterocycles. The lowest BCUT2D eigenvalue weighted by molar-refractivity contribution is 0.0173. The molecule has 0 bridgehead atoms. The second kappa shape index (κ2) is 6.35. The molecule has 1 saturated heterocycles. The van der Waals surface area contributed by atoms with Crippen LogP contribution in [0.5, 0.6) is 0 Å². The van der Waals surface area contributed by atoms with E-state index in [1.54, 1.807) is 7.11 Å². The van der Waals surface area contributed by atoms with Crippen LogP contribution in [-0.2, 0) is 9.47 Å². The van der Waals surface area contributed by atoms with Crippen LogP contribution in [0, 0.1) is 0 Å². The van der Waals surface area contributed by atoms with Gasteiger partial charge < -0.3 is 14.4 Å². The second-order valence-electron chi connectivity index (χ2n) is 3.50. The minimum atomic E-state index is 0.354. The summed E-state index contributed by atoms with van der Waals surface area (Å²) in [6, 6.07) is 0. The molecular formula is C10H21NO2. The van der Waals surface area contributed by atoms with Crippen LogP contribution < -0.4 is 0 Å². The number of likely N-dealkylation sites (tertiary alicyclic amines) is 1. The lowest BCUT2D eigenvalue weighted by atomic mass is 10.1. The molecule has 1 rings (SSSR count). The average molecular weight is 187 g/mol. The Balaban J connectivity index is 2.03. The molecule has 0 amide bonds. The van der Waals surface area contributed by atoms with E-state index in [0.717, 1.165) is 26.2 Å². The summed E-state index contributed by atoms with van der Waals surface area (Å²) in [6.07, 6.45) is 2.72. The third-order valence-electron chi connectivity index (χ3n) is 2.53. The molecule has 0 saturated carbocycles. The molecule has 1 atom stereocenters. The fraction of sp³-hybridized carbons (Fsp3) is 1.00. The van der Waals surface area contributed by atoms with Crippen LogP contribution in [0.3, 0.4) is 0 Å². The highest BCUT2D eigenvalue weighted by Gasteiger charge is 2.18. The fourth-order valence-electron chi connectivity index (χ4n) is 1.50. The highest BCUT2D eigenvalue weighted by atomic mass is 16.5. The summed E-state index contributed by atoms with van der Waals surface area (Å²) in [6.45, 7) is 7.22. The van der Waals surface area contributed by atoms with Crippen molar-refractivity contribution in [2.75, 3.05) is 40.0 Å². The fourth-order valence-corrected chi connectivity index (χ4v) is 1.50. The van der Waals surface area contributed by atoms with Crippen molar-refractivity contribution in [1.29, 1.82) is 0 Å². The molecule has 0 spiro atoms. The highest BCUT2D eigenvalue weighted by Crippen LogP contribution is 2.09. The Bertz CT molecular complexity index is 126. The zero-order valence-electron chi connectivity index (χ0n) is 8.79. The predicted octanol–water partition coefficient (Wildman–Crippen LogP) is 1.13. The van der Waals surface area contributed by atoms with Crippen LogP contribution in [-0.4, -0.2) is 51.0 Å². The van der Waals surface area contributed by atoms with E-state index in [4.69, 9.17) is 9.47 Å². The zero-order chi connectivity index (χ0) is 9.52. The van der Waals surface area contributed by atoms with Gasteiger partial charge >= 0.3 is 0 Å². The Morgan fingerprint density at radius 2 is 2.15 bits per heavy atom. The van der Waals surface area contributed by atoms with Crippen LogP contribution in [0.25, 0.3) is 0 Å². The van der Waals surface area contributed by atoms with Gasteiger partial charge in [-0.3, -0.25) is 0 Å². The molecule has 1 aliphatic rings. The van der Waals surface area contributed by atoms with Crippen molar-refractivity contribution in [2.24, 2.45) is 0 Å². The molecular weight excluding hydrogens is 166 g/mol. The van der Waals surface area contributed by atoms with Crippen molar-refractivity contribution in [2.45, 2.75) is 25.9 Å². The van der Waals surface area contributed by atoms with Gasteiger partial charge in [-0.1, -0.05) is 0 Å². The van der Waals surface area contributed by atoms with Gasteiger partial charge in [-0.25, -0.2) is 0 Å². The first-order chi connectivity index (χ1) is 6.36. The molecule has 0 aliphatic carbocycles. The number of hydrogen-bond acceptors (Lipinski definition) is 3. The maximum atomic E-state index is 5.38. The molecule has 0 N–H and O–H groups in total. The van der Waals surface area contributed by atoms with Crippen LogP contribution in [0.1, 0.15) is 19.8 Å². The maximum Gasteiger partial charge on any atom is 0.0720 e. The number of ether oxygens (including phenoxy) is 2. The van der Waals surface area contributed by atoms with Gasteiger partial charge in [0.25, 0.3) is 0 Å². The SMILES string of the molecule is CCOCCC(CN1CCC1)OC. The topological polar surface area (TPSA) is 21.7 Å². The first-order valence-corrected chi connectivity index (χ1v) is 5.19. The van der Waals surface area contributed by atoms with Gasteiger partial charge in [0.2, 0.25) is 0 Å². The van der Waals surface area contributed by atoms with E-state index in [1.807, 2.05) is 6.92 Å². The average Bonchev–Trinajstić information content (AvgIpc) is 2.08. The number of hydrogen-bond donors (Lipinski definition) is 0. The normalized spacial score (nSPS) is 19.8. The van der Waals surface area contributed by atoms with Gasteiger partial charge in [0.15, 0.2) is 0 Å². The summed E-state index contributed by atoms with van der Waals surface area (Å²) in [5, 5.41) is 0. The molecule has 3 heteroatoms. The second-order valence-corrected chi connectivity index (χ2v) is 3.50. The Kier molecular flexibility index (Phi) is 5.35. The molecule has 78 valence electrons. The van der Waals surface area contributed by atoms with Gasteiger partial charge in [-0.2, -0.15) is 0 Å². The standard InChI is InChI=1S/C10H21NO2/c1-3-13-8-5-10(12-2)9-11-6-4-7-11/h10H,3-9H2,1-2H3. The molecule has 3 nitrogen and oxygen atoms in total. The van der Waals surface area contributed by atoms with E-state index in [2.05, 4.69) is 4.90 Å². The number of methoxy groups -OCH3 is 1. The lowest BCUT2D eigenvalue weighted by Gasteiger charge is -2.33. The molecule has 0 aromatic heterocycles. The smallest absolute Gasteiger partial charge is 0.0720 e. The molecule has 0 aromatic rings. The van der Waals surface area contributed by atoms with E-state index in [-0.39, 0.29) is 0 Å². The van der Waals surface area contributed by atoms with Crippen LogP contribution >= 0.6 is 0 Å². The summed E-state index contributed by atoms with van der Waals surface area (Å²) >= 11 is 0. The van der Waals surface area contributed by atoms with Crippen molar-refractivity contribution in [1.82, 2.24) is 4.90 Å². The Morgan fingerprint density at radius 3 is 2.62 bits per heavy atom. The quantitative estimate of drug-likeness (QED) is 0.558. The monoisotopic (exact) mass is 187 g/mol. The van der Waals surface area contributed by atoms with E-state index in [9.17, 15) is 0 Å². The summed E-state index contributed by atoms with van der Waals surface area (Å²) in [7, 11) is 1.79. The van der Waals surface area contributed by atoms with Crippen molar-refractivity contribution < 1.29 is 9.47 Å². The number of rotatable bonds is 7. The van der Waals surface area contributed by atoms with E-state index >= 15 is 0 Å². The van der Waals surface area contributed by atoms with E-state index in [0.29, 0.717) is 6.10 Å². The lowest BCUT2D eigenvalue weighted by Crippen LogP contribution is -2.43. The third kappa shape index (κ3) is 4.07. The largest absolute Gasteiger partial charge is 0.382 e. The molecule has 0 aromatic carbocycles. The summed E-state index contributed by atoms with van der Waals surface area (Å²) in [5.74, 6) is 0. The summed E-state index contributed by atoms with van der Waals surface area (Å²) in [5.41, 5.74) is 0. The van der Waals surface area contributed by atoms with Crippen molar-refractivity contribution in [3.63, 3.8) is 0 Å². The highest BCUT2D eigenvalue weighted by molar-refractivity contribution is 4.72. The molecule has 1 fully saturated rings.